The molecule has 1 aliphatic carbocycles. The molecule has 86 valence electrons. The van der Waals surface area contributed by atoms with Gasteiger partial charge in [0.15, 0.2) is 0 Å². The van der Waals surface area contributed by atoms with Crippen LogP contribution in [0.5, 0.6) is 0 Å². The quantitative estimate of drug-likeness (QED) is 0.693. The van der Waals surface area contributed by atoms with Gasteiger partial charge in [-0.1, -0.05) is 0 Å². The lowest BCUT2D eigenvalue weighted by Crippen LogP contribution is -2.35. The maximum atomic E-state index is 11.5. The Morgan fingerprint density at radius 3 is 2.80 bits per heavy atom. The predicted molar refractivity (Wildman–Crippen MR) is 57.4 cm³/mol. The van der Waals surface area contributed by atoms with E-state index < -0.39 is 0 Å². The van der Waals surface area contributed by atoms with Crippen molar-refractivity contribution >= 4 is 5.91 Å². The van der Waals surface area contributed by atoms with Gasteiger partial charge in [0.25, 0.3) is 0 Å². The van der Waals surface area contributed by atoms with E-state index >= 15 is 0 Å². The van der Waals surface area contributed by atoms with Gasteiger partial charge in [0, 0.05) is 44.6 Å². The van der Waals surface area contributed by atoms with E-state index in [2.05, 4.69) is 11.9 Å². The van der Waals surface area contributed by atoms with Crippen LogP contribution in [0.4, 0.5) is 0 Å². The molecule has 1 aliphatic heterocycles. The number of aliphatic hydroxyl groups is 1. The lowest BCUT2D eigenvalue weighted by Gasteiger charge is -2.21. The first-order valence-electron chi connectivity index (χ1n) is 5.79. The Hall–Kier alpha value is -0.610. The zero-order chi connectivity index (χ0) is 10.8. The van der Waals surface area contributed by atoms with Crippen molar-refractivity contribution in [2.45, 2.75) is 25.3 Å². The van der Waals surface area contributed by atoms with Crippen LogP contribution < -0.4 is 0 Å². The molecule has 15 heavy (non-hydrogen) atoms. The first-order valence-corrected chi connectivity index (χ1v) is 5.79. The molecule has 0 spiro atoms. The number of hydrogen-bond acceptors (Lipinski definition) is 3. The van der Waals surface area contributed by atoms with E-state index in [0.717, 1.165) is 25.7 Å². The Morgan fingerprint density at radius 2 is 2.27 bits per heavy atom. The molecule has 4 heteroatoms. The van der Waals surface area contributed by atoms with Crippen LogP contribution in [-0.2, 0) is 4.79 Å². The number of carbonyl (C=O) groups is 1. The summed E-state index contributed by atoms with van der Waals surface area (Å²) in [6.07, 6.45) is 3.15. The van der Waals surface area contributed by atoms with Crippen LogP contribution in [0, 0.1) is 5.92 Å². The molecule has 4 nitrogen and oxygen atoms in total. The molecule has 1 saturated carbocycles. The third-order valence-electron chi connectivity index (χ3n) is 3.45. The summed E-state index contributed by atoms with van der Waals surface area (Å²) in [5.74, 6) is 0.377. The smallest absolute Gasteiger partial charge is 0.223 e. The Morgan fingerprint density at radius 1 is 1.53 bits per heavy atom. The first kappa shape index (κ1) is 10.9. The summed E-state index contributed by atoms with van der Waals surface area (Å²) in [7, 11) is 2.13. The maximum Gasteiger partial charge on any atom is 0.223 e. The second-order valence-electron chi connectivity index (χ2n) is 4.80. The molecule has 0 aromatic rings. The molecule has 1 N–H and O–H groups in total. The van der Waals surface area contributed by atoms with E-state index in [4.69, 9.17) is 5.11 Å². The van der Waals surface area contributed by atoms with Crippen LogP contribution in [0.1, 0.15) is 19.3 Å². The van der Waals surface area contributed by atoms with Crippen molar-refractivity contribution in [3.05, 3.63) is 0 Å². The summed E-state index contributed by atoms with van der Waals surface area (Å²) >= 11 is 0. The van der Waals surface area contributed by atoms with Crippen molar-refractivity contribution in [3.63, 3.8) is 0 Å². The van der Waals surface area contributed by atoms with Gasteiger partial charge in [-0.15, -0.1) is 0 Å². The summed E-state index contributed by atoms with van der Waals surface area (Å²) in [6.45, 7) is 2.67. The van der Waals surface area contributed by atoms with Gasteiger partial charge in [0.1, 0.15) is 0 Å². The number of carbonyl (C=O) groups excluding carboxylic acids is 1. The minimum atomic E-state index is 0.140. The molecule has 2 rings (SSSR count). The molecule has 0 radical (unpaired) electrons. The Kier molecular flexibility index (Phi) is 3.26. The lowest BCUT2D eigenvalue weighted by atomic mass is 10.1. The summed E-state index contributed by atoms with van der Waals surface area (Å²) in [6, 6.07) is 0.761. The monoisotopic (exact) mass is 212 g/mol. The second-order valence-corrected chi connectivity index (χ2v) is 4.80. The molecule has 0 bridgehead atoms. The van der Waals surface area contributed by atoms with Gasteiger partial charge in [-0.2, -0.15) is 0 Å². The summed E-state index contributed by atoms with van der Waals surface area (Å²) in [4.78, 5) is 15.8. The van der Waals surface area contributed by atoms with Gasteiger partial charge >= 0.3 is 0 Å². The average Bonchev–Trinajstić information content (AvgIpc) is 3.00. The number of aliphatic hydroxyl groups excluding tert-OH is 1. The summed E-state index contributed by atoms with van der Waals surface area (Å²) in [5.41, 5.74) is 0. The third-order valence-corrected chi connectivity index (χ3v) is 3.45. The molecule has 2 fully saturated rings. The Balaban J connectivity index is 1.72. The van der Waals surface area contributed by atoms with Gasteiger partial charge in [-0.25, -0.2) is 0 Å². The maximum absolute atomic E-state index is 11.5. The molecule has 1 amide bonds. The minimum absolute atomic E-state index is 0.140. The van der Waals surface area contributed by atoms with E-state index in [1.807, 2.05) is 4.90 Å². The number of likely N-dealkylation sites (N-methyl/N-ethyl adjacent to an activating group) is 1. The number of hydrogen-bond donors (Lipinski definition) is 1. The predicted octanol–water partition coefficient (Wildman–Crippen LogP) is -0.0786. The fourth-order valence-corrected chi connectivity index (χ4v) is 2.17. The number of nitrogens with zero attached hydrogens (tertiary/aromatic N) is 2. The highest BCUT2D eigenvalue weighted by Crippen LogP contribution is 2.25. The van der Waals surface area contributed by atoms with Crippen molar-refractivity contribution in [1.29, 1.82) is 0 Å². The average molecular weight is 212 g/mol. The third kappa shape index (κ3) is 2.69. The topological polar surface area (TPSA) is 43.8 Å². The summed E-state index contributed by atoms with van der Waals surface area (Å²) < 4.78 is 0. The van der Waals surface area contributed by atoms with Crippen molar-refractivity contribution in [3.8, 4) is 0 Å². The lowest BCUT2D eigenvalue weighted by molar-refractivity contribution is -0.127. The highest BCUT2D eigenvalue weighted by molar-refractivity contribution is 5.78. The number of likely N-dealkylation sites (tertiary alicyclic amines) is 1. The molecular weight excluding hydrogens is 192 g/mol. The van der Waals surface area contributed by atoms with E-state index in [0.29, 0.717) is 6.42 Å². The van der Waals surface area contributed by atoms with Gasteiger partial charge in [0.2, 0.25) is 5.91 Å². The normalized spacial score (nSPS) is 26.7. The fourth-order valence-electron chi connectivity index (χ4n) is 2.17. The van der Waals surface area contributed by atoms with Crippen LogP contribution in [-0.4, -0.2) is 60.1 Å². The minimum Gasteiger partial charge on any atom is -0.396 e. The van der Waals surface area contributed by atoms with Crippen molar-refractivity contribution in [2.75, 3.05) is 33.3 Å². The summed E-state index contributed by atoms with van der Waals surface area (Å²) in [5, 5.41) is 8.99. The van der Waals surface area contributed by atoms with Gasteiger partial charge in [-0.05, 0) is 19.9 Å². The molecule has 0 aromatic carbocycles. The number of rotatable bonds is 5. The van der Waals surface area contributed by atoms with E-state index in [1.165, 1.54) is 12.8 Å². The second kappa shape index (κ2) is 4.49. The molecule has 1 heterocycles. The molecule has 0 aromatic heterocycles. The Labute approximate surface area is 90.9 Å². The highest BCUT2D eigenvalue weighted by atomic mass is 16.3. The highest BCUT2D eigenvalue weighted by Gasteiger charge is 2.30. The molecule has 1 unspecified atom stereocenters. The van der Waals surface area contributed by atoms with Crippen LogP contribution in [0.15, 0.2) is 0 Å². The van der Waals surface area contributed by atoms with Crippen molar-refractivity contribution in [1.82, 2.24) is 9.80 Å². The molecule has 1 atom stereocenters. The van der Waals surface area contributed by atoms with E-state index in [1.54, 1.807) is 0 Å². The largest absolute Gasteiger partial charge is 0.396 e. The van der Waals surface area contributed by atoms with Gasteiger partial charge in [-0.3, -0.25) is 4.79 Å². The fraction of sp³-hybridized carbons (Fsp3) is 0.909. The van der Waals surface area contributed by atoms with Crippen molar-refractivity contribution < 1.29 is 9.90 Å². The van der Waals surface area contributed by atoms with Gasteiger partial charge < -0.3 is 14.9 Å². The molecular formula is C11H20N2O2. The SMILES string of the molecule is CN(CCN1CC(CO)CC1=O)C1CC1. The standard InChI is InChI=1S/C11H20N2O2/c1-12(10-2-3-10)4-5-13-7-9(8-14)6-11(13)15/h9-10,14H,2-8H2,1H3. The first-order chi connectivity index (χ1) is 7.20. The van der Waals surface area contributed by atoms with Crippen LogP contribution in [0.3, 0.4) is 0 Å². The Bertz CT molecular complexity index is 241. The molecule has 2 aliphatic rings. The zero-order valence-corrected chi connectivity index (χ0v) is 9.35. The zero-order valence-electron chi connectivity index (χ0n) is 9.35. The van der Waals surface area contributed by atoms with Gasteiger partial charge in [0.05, 0.1) is 0 Å². The van der Waals surface area contributed by atoms with E-state index in [-0.39, 0.29) is 18.4 Å². The van der Waals surface area contributed by atoms with E-state index in [9.17, 15) is 4.79 Å². The van der Waals surface area contributed by atoms with Crippen LogP contribution in [0.2, 0.25) is 0 Å². The van der Waals surface area contributed by atoms with Crippen LogP contribution in [0.25, 0.3) is 0 Å². The van der Waals surface area contributed by atoms with Crippen molar-refractivity contribution in [2.24, 2.45) is 5.92 Å². The number of amides is 1. The van der Waals surface area contributed by atoms with Crippen LogP contribution >= 0.6 is 0 Å². The molecule has 1 saturated heterocycles.